The van der Waals surface area contributed by atoms with Crippen LogP contribution in [0.15, 0.2) is 12.2 Å². The normalized spacial score (nSPS) is 54.7. The molecule has 1 N–H and O–H groups in total. The number of carboxylic acid groups (broad SMARTS) is 1. The Morgan fingerprint density at radius 2 is 2.05 bits per heavy atom. The molecule has 0 radical (unpaired) electrons. The van der Waals surface area contributed by atoms with E-state index in [1.54, 1.807) is 0 Å². The first-order chi connectivity index (χ1) is 10.2. The molecule has 1 spiro atoms. The molecule has 0 aromatic carbocycles. The molecule has 4 unspecified atom stereocenters. The Kier molecular flexibility index (Phi) is 2.81. The predicted octanol–water partition coefficient (Wildman–Crippen LogP) is 4.90. The third kappa shape index (κ3) is 1.65. The van der Waals surface area contributed by atoms with Crippen LogP contribution in [-0.2, 0) is 4.79 Å². The summed E-state index contributed by atoms with van der Waals surface area (Å²) in [6, 6.07) is 0. The van der Waals surface area contributed by atoms with Crippen LogP contribution in [0.4, 0.5) is 0 Å². The second-order valence-corrected chi connectivity index (χ2v) is 9.59. The summed E-state index contributed by atoms with van der Waals surface area (Å²) < 4.78 is 0. The van der Waals surface area contributed by atoms with E-state index in [9.17, 15) is 9.90 Å². The highest BCUT2D eigenvalue weighted by atomic mass is 16.4. The molecule has 0 amide bonds. The monoisotopic (exact) mass is 302 g/mol. The van der Waals surface area contributed by atoms with Gasteiger partial charge in [0.2, 0.25) is 0 Å². The van der Waals surface area contributed by atoms with Gasteiger partial charge in [-0.1, -0.05) is 26.0 Å². The van der Waals surface area contributed by atoms with E-state index in [2.05, 4.69) is 27.4 Å². The third-order valence-electron chi connectivity index (χ3n) is 8.65. The molecule has 122 valence electrons. The van der Waals surface area contributed by atoms with Gasteiger partial charge in [-0.15, -0.1) is 0 Å². The number of aliphatic carboxylic acids is 1. The van der Waals surface area contributed by atoms with Gasteiger partial charge in [0.1, 0.15) is 0 Å². The Bertz CT molecular complexity index is 552. The fourth-order valence-corrected chi connectivity index (χ4v) is 7.75. The lowest BCUT2D eigenvalue weighted by Crippen LogP contribution is -2.53. The van der Waals surface area contributed by atoms with Crippen molar-refractivity contribution in [2.45, 2.75) is 65.7 Å². The standard InChI is InChI=1S/C20H30O2/c1-12(2)13-5-8-20-10-15-14(19(15,4)11-20)9-16(20)18(13,3)7-6-17(21)22/h13-16H,1,5-11H2,2-4H3,(H,21,22)/t13-,14?,15-,16+,18?,19?,20?/m1/s1. The molecule has 2 nitrogen and oxygen atoms in total. The van der Waals surface area contributed by atoms with Crippen LogP contribution < -0.4 is 0 Å². The number of hydrogen-bond donors (Lipinski definition) is 1. The molecule has 0 aliphatic heterocycles. The first-order valence-corrected chi connectivity index (χ1v) is 9.10. The summed E-state index contributed by atoms with van der Waals surface area (Å²) in [5, 5.41) is 9.23. The molecule has 5 rings (SSSR count). The average Bonchev–Trinajstić information content (AvgIpc) is 2.88. The van der Waals surface area contributed by atoms with Crippen molar-refractivity contribution in [3.63, 3.8) is 0 Å². The largest absolute Gasteiger partial charge is 0.481 e. The molecule has 5 aliphatic carbocycles. The van der Waals surface area contributed by atoms with Crippen LogP contribution in [0.1, 0.15) is 65.7 Å². The number of hydrogen-bond acceptors (Lipinski definition) is 1. The zero-order chi connectivity index (χ0) is 15.9. The van der Waals surface area contributed by atoms with E-state index < -0.39 is 5.97 Å². The van der Waals surface area contributed by atoms with Gasteiger partial charge in [0.15, 0.2) is 0 Å². The topological polar surface area (TPSA) is 37.3 Å². The molecule has 2 heteroatoms. The van der Waals surface area contributed by atoms with Crippen LogP contribution in [0, 0.1) is 39.9 Å². The zero-order valence-corrected chi connectivity index (χ0v) is 14.3. The van der Waals surface area contributed by atoms with E-state index in [4.69, 9.17) is 0 Å². The predicted molar refractivity (Wildman–Crippen MR) is 87.4 cm³/mol. The van der Waals surface area contributed by atoms with Crippen molar-refractivity contribution in [3.05, 3.63) is 12.2 Å². The summed E-state index contributed by atoms with van der Waals surface area (Å²) in [7, 11) is 0. The summed E-state index contributed by atoms with van der Waals surface area (Å²) in [4.78, 5) is 11.2. The quantitative estimate of drug-likeness (QED) is 0.750. The first-order valence-electron chi connectivity index (χ1n) is 9.10. The third-order valence-corrected chi connectivity index (χ3v) is 8.65. The van der Waals surface area contributed by atoms with E-state index in [1.165, 1.54) is 37.7 Å². The maximum Gasteiger partial charge on any atom is 0.303 e. The first kappa shape index (κ1) is 14.8. The summed E-state index contributed by atoms with van der Waals surface area (Å²) >= 11 is 0. The minimum Gasteiger partial charge on any atom is -0.481 e. The fraction of sp³-hybridized carbons (Fsp3) is 0.850. The lowest BCUT2D eigenvalue weighted by molar-refractivity contribution is -0.141. The number of allylic oxidation sites excluding steroid dienone is 1. The lowest BCUT2D eigenvalue weighted by atomic mass is 9.44. The highest BCUT2D eigenvalue weighted by Gasteiger charge is 2.77. The van der Waals surface area contributed by atoms with Crippen molar-refractivity contribution in [3.8, 4) is 0 Å². The minimum absolute atomic E-state index is 0.150. The molecule has 5 fully saturated rings. The van der Waals surface area contributed by atoms with Crippen LogP contribution >= 0.6 is 0 Å². The highest BCUT2D eigenvalue weighted by Crippen LogP contribution is 2.84. The molecule has 0 aromatic heterocycles. The van der Waals surface area contributed by atoms with Crippen molar-refractivity contribution >= 4 is 5.97 Å². The molecule has 5 saturated carbocycles. The van der Waals surface area contributed by atoms with Crippen molar-refractivity contribution in [2.24, 2.45) is 39.9 Å². The summed E-state index contributed by atoms with van der Waals surface area (Å²) in [6.45, 7) is 11.4. The Morgan fingerprint density at radius 1 is 1.32 bits per heavy atom. The zero-order valence-electron chi connectivity index (χ0n) is 14.3. The Morgan fingerprint density at radius 3 is 2.59 bits per heavy atom. The van der Waals surface area contributed by atoms with Gasteiger partial charge in [0.25, 0.3) is 0 Å². The van der Waals surface area contributed by atoms with Crippen LogP contribution in [-0.4, -0.2) is 11.1 Å². The van der Waals surface area contributed by atoms with Crippen LogP contribution in [0.3, 0.4) is 0 Å². The molecule has 0 aromatic rings. The van der Waals surface area contributed by atoms with E-state index in [1.807, 2.05) is 0 Å². The van der Waals surface area contributed by atoms with Gasteiger partial charge in [-0.25, -0.2) is 0 Å². The molecular weight excluding hydrogens is 272 g/mol. The molecular formula is C20H30O2. The van der Waals surface area contributed by atoms with Crippen molar-refractivity contribution in [2.75, 3.05) is 0 Å². The van der Waals surface area contributed by atoms with Crippen molar-refractivity contribution < 1.29 is 9.90 Å². The molecule has 4 bridgehead atoms. The van der Waals surface area contributed by atoms with Crippen molar-refractivity contribution in [1.29, 1.82) is 0 Å². The van der Waals surface area contributed by atoms with Crippen LogP contribution in [0.5, 0.6) is 0 Å². The van der Waals surface area contributed by atoms with E-state index in [0.717, 1.165) is 24.2 Å². The van der Waals surface area contributed by atoms with Gasteiger partial charge in [0, 0.05) is 6.42 Å². The van der Waals surface area contributed by atoms with Crippen LogP contribution in [0.25, 0.3) is 0 Å². The maximum absolute atomic E-state index is 11.2. The van der Waals surface area contributed by atoms with Crippen molar-refractivity contribution in [1.82, 2.24) is 0 Å². The van der Waals surface area contributed by atoms with Gasteiger partial charge in [-0.2, -0.15) is 0 Å². The number of carboxylic acids is 1. The summed E-state index contributed by atoms with van der Waals surface area (Å²) in [5.74, 6) is 2.54. The molecule has 5 aliphatic rings. The second-order valence-electron chi connectivity index (χ2n) is 9.59. The highest BCUT2D eigenvalue weighted by molar-refractivity contribution is 5.66. The molecule has 0 saturated heterocycles. The van der Waals surface area contributed by atoms with Gasteiger partial charge >= 0.3 is 5.97 Å². The fourth-order valence-electron chi connectivity index (χ4n) is 7.75. The van der Waals surface area contributed by atoms with Gasteiger partial charge in [0.05, 0.1) is 0 Å². The maximum atomic E-state index is 11.2. The van der Waals surface area contributed by atoms with Crippen LogP contribution in [0.2, 0.25) is 0 Å². The lowest BCUT2D eigenvalue weighted by Gasteiger charge is -2.61. The smallest absolute Gasteiger partial charge is 0.303 e. The SMILES string of the molecule is C=C(C)[C@H]1CCC23C[C@@H]4C(C[C@H]2C1(C)CCC(=O)O)C4(C)C3. The summed E-state index contributed by atoms with van der Waals surface area (Å²) in [6.07, 6.45) is 7.96. The molecule has 7 atom stereocenters. The molecule has 0 heterocycles. The summed E-state index contributed by atoms with van der Waals surface area (Å²) in [5.41, 5.74) is 2.62. The second kappa shape index (κ2) is 4.19. The average molecular weight is 302 g/mol. The Hall–Kier alpha value is -0.790. The van der Waals surface area contributed by atoms with E-state index >= 15 is 0 Å². The van der Waals surface area contributed by atoms with Gasteiger partial charge < -0.3 is 5.11 Å². The van der Waals surface area contributed by atoms with E-state index in [-0.39, 0.29) is 5.41 Å². The van der Waals surface area contributed by atoms with E-state index in [0.29, 0.717) is 23.2 Å². The Balaban J connectivity index is 1.68. The Labute approximate surface area is 134 Å². The number of carbonyl (C=O) groups is 1. The number of rotatable bonds is 4. The molecule has 22 heavy (non-hydrogen) atoms. The van der Waals surface area contributed by atoms with Gasteiger partial charge in [-0.05, 0) is 85.4 Å². The van der Waals surface area contributed by atoms with Gasteiger partial charge in [-0.3, -0.25) is 4.79 Å². The minimum atomic E-state index is -0.639.